The predicted molar refractivity (Wildman–Crippen MR) is 77.2 cm³/mol. The van der Waals surface area contributed by atoms with E-state index in [0.717, 1.165) is 6.42 Å². The van der Waals surface area contributed by atoms with E-state index in [1.165, 1.54) is 22.3 Å². The van der Waals surface area contributed by atoms with Crippen LogP contribution in [0.25, 0.3) is 11.1 Å². The van der Waals surface area contributed by atoms with Crippen molar-refractivity contribution >= 4 is 5.97 Å². The van der Waals surface area contributed by atoms with E-state index < -0.39 is 5.97 Å². The molecule has 0 spiro atoms. The van der Waals surface area contributed by atoms with Crippen LogP contribution in [0.3, 0.4) is 0 Å². The molecule has 0 aliphatic heterocycles. The smallest absolute Gasteiger partial charge is 0.303 e. The fourth-order valence-electron chi connectivity index (χ4n) is 2.05. The second-order valence-electron chi connectivity index (χ2n) is 4.81. The van der Waals surface area contributed by atoms with Crippen LogP contribution in [0.2, 0.25) is 0 Å². The van der Waals surface area contributed by atoms with E-state index in [-0.39, 0.29) is 6.42 Å². The quantitative estimate of drug-likeness (QED) is 0.873. The van der Waals surface area contributed by atoms with Gasteiger partial charge in [0.1, 0.15) is 0 Å². The summed E-state index contributed by atoms with van der Waals surface area (Å²) in [4.78, 5) is 10.5. The number of hydrogen-bond donors (Lipinski definition) is 1. The van der Waals surface area contributed by atoms with Crippen molar-refractivity contribution in [3.05, 3.63) is 59.7 Å². The van der Waals surface area contributed by atoms with Gasteiger partial charge in [-0.15, -0.1) is 0 Å². The van der Waals surface area contributed by atoms with Crippen LogP contribution in [-0.4, -0.2) is 11.1 Å². The number of rotatable bonds is 5. The average Bonchev–Trinajstić information content (AvgIpc) is 2.40. The van der Waals surface area contributed by atoms with Gasteiger partial charge in [-0.25, -0.2) is 0 Å². The molecular formula is C17H18O2. The summed E-state index contributed by atoms with van der Waals surface area (Å²) in [6.07, 6.45) is 1.75. The van der Waals surface area contributed by atoms with Crippen molar-refractivity contribution in [2.24, 2.45) is 0 Å². The molecule has 2 heteroatoms. The van der Waals surface area contributed by atoms with Crippen molar-refractivity contribution in [2.75, 3.05) is 0 Å². The molecule has 0 aliphatic carbocycles. The maximum Gasteiger partial charge on any atom is 0.303 e. The SMILES string of the molecule is Cc1ccc(-c2ccc(CCCC(=O)O)cc2)cc1. The minimum absolute atomic E-state index is 0.236. The lowest BCUT2D eigenvalue weighted by Crippen LogP contribution is -1.95. The van der Waals surface area contributed by atoms with Gasteiger partial charge in [-0.2, -0.15) is 0 Å². The van der Waals surface area contributed by atoms with Gasteiger partial charge < -0.3 is 5.11 Å². The first-order valence-corrected chi connectivity index (χ1v) is 6.53. The standard InChI is InChI=1S/C17H18O2/c1-13-5-9-15(10-6-13)16-11-7-14(8-12-16)3-2-4-17(18)19/h5-12H,2-4H2,1H3,(H,18,19). The van der Waals surface area contributed by atoms with E-state index in [4.69, 9.17) is 5.11 Å². The summed E-state index contributed by atoms with van der Waals surface area (Å²) in [5.41, 5.74) is 4.86. The highest BCUT2D eigenvalue weighted by Crippen LogP contribution is 2.20. The Bertz CT molecular complexity index is 538. The highest BCUT2D eigenvalue weighted by Gasteiger charge is 2.00. The molecule has 0 unspecified atom stereocenters. The second-order valence-corrected chi connectivity index (χ2v) is 4.81. The molecule has 19 heavy (non-hydrogen) atoms. The Labute approximate surface area is 113 Å². The third-order valence-corrected chi connectivity index (χ3v) is 3.19. The lowest BCUT2D eigenvalue weighted by atomic mass is 10.0. The van der Waals surface area contributed by atoms with Crippen molar-refractivity contribution in [1.29, 1.82) is 0 Å². The van der Waals surface area contributed by atoms with Gasteiger partial charge >= 0.3 is 5.97 Å². The van der Waals surface area contributed by atoms with Crippen LogP contribution < -0.4 is 0 Å². The van der Waals surface area contributed by atoms with Crippen LogP contribution in [0.1, 0.15) is 24.0 Å². The normalized spacial score (nSPS) is 10.4. The molecule has 0 aliphatic rings. The number of carboxylic acid groups (broad SMARTS) is 1. The highest BCUT2D eigenvalue weighted by atomic mass is 16.4. The molecule has 1 N–H and O–H groups in total. The first-order chi connectivity index (χ1) is 9.15. The Kier molecular flexibility index (Phi) is 4.35. The van der Waals surface area contributed by atoms with Gasteiger partial charge in [-0.05, 0) is 36.5 Å². The van der Waals surface area contributed by atoms with E-state index in [1.54, 1.807) is 0 Å². The van der Waals surface area contributed by atoms with Crippen LogP contribution in [0.15, 0.2) is 48.5 Å². The molecule has 0 saturated heterocycles. The number of aryl methyl sites for hydroxylation is 2. The number of carboxylic acids is 1. The lowest BCUT2D eigenvalue weighted by molar-refractivity contribution is -0.137. The maximum absolute atomic E-state index is 10.5. The molecule has 0 heterocycles. The van der Waals surface area contributed by atoms with Crippen LogP contribution in [-0.2, 0) is 11.2 Å². The Morgan fingerprint density at radius 2 is 1.47 bits per heavy atom. The van der Waals surface area contributed by atoms with E-state index in [1.807, 2.05) is 0 Å². The van der Waals surface area contributed by atoms with Gasteiger partial charge in [0.2, 0.25) is 0 Å². The largest absolute Gasteiger partial charge is 0.481 e. The van der Waals surface area contributed by atoms with E-state index in [0.29, 0.717) is 6.42 Å². The topological polar surface area (TPSA) is 37.3 Å². The molecule has 0 aromatic heterocycles. The summed E-state index contributed by atoms with van der Waals surface area (Å²) in [5.74, 6) is -0.726. The first-order valence-electron chi connectivity index (χ1n) is 6.53. The summed E-state index contributed by atoms with van der Waals surface area (Å²) in [5, 5.41) is 8.61. The summed E-state index contributed by atoms with van der Waals surface area (Å²) in [6.45, 7) is 2.08. The molecule has 2 nitrogen and oxygen atoms in total. The summed E-state index contributed by atoms with van der Waals surface area (Å²) in [7, 11) is 0. The molecule has 98 valence electrons. The Balaban J connectivity index is 2.02. The van der Waals surface area contributed by atoms with E-state index >= 15 is 0 Å². The van der Waals surface area contributed by atoms with Crippen LogP contribution in [0.4, 0.5) is 0 Å². The van der Waals surface area contributed by atoms with Crippen LogP contribution >= 0.6 is 0 Å². The number of aliphatic carboxylic acids is 1. The molecule has 2 aromatic carbocycles. The highest BCUT2D eigenvalue weighted by molar-refractivity contribution is 5.66. The van der Waals surface area contributed by atoms with Crippen LogP contribution in [0.5, 0.6) is 0 Å². The Morgan fingerprint density at radius 3 is 2.00 bits per heavy atom. The van der Waals surface area contributed by atoms with Gasteiger partial charge in [0.15, 0.2) is 0 Å². The Hall–Kier alpha value is -2.09. The minimum atomic E-state index is -0.726. The lowest BCUT2D eigenvalue weighted by Gasteiger charge is -2.04. The molecule has 2 rings (SSSR count). The Morgan fingerprint density at radius 1 is 0.947 bits per heavy atom. The minimum Gasteiger partial charge on any atom is -0.481 e. The van der Waals surface area contributed by atoms with Gasteiger partial charge in [0.05, 0.1) is 0 Å². The monoisotopic (exact) mass is 254 g/mol. The van der Waals surface area contributed by atoms with Crippen molar-refractivity contribution in [1.82, 2.24) is 0 Å². The molecular weight excluding hydrogens is 236 g/mol. The van der Waals surface area contributed by atoms with Crippen molar-refractivity contribution in [3.63, 3.8) is 0 Å². The number of carbonyl (C=O) groups is 1. The summed E-state index contributed by atoms with van der Waals surface area (Å²) < 4.78 is 0. The predicted octanol–water partition coefficient (Wildman–Crippen LogP) is 4.07. The molecule has 0 saturated carbocycles. The fourth-order valence-corrected chi connectivity index (χ4v) is 2.05. The molecule has 0 fully saturated rings. The molecule has 0 bridgehead atoms. The molecule has 0 atom stereocenters. The van der Waals surface area contributed by atoms with E-state index in [2.05, 4.69) is 55.5 Å². The van der Waals surface area contributed by atoms with Gasteiger partial charge in [-0.3, -0.25) is 4.79 Å². The molecule has 2 aromatic rings. The van der Waals surface area contributed by atoms with Crippen molar-refractivity contribution in [2.45, 2.75) is 26.2 Å². The maximum atomic E-state index is 10.5. The fraction of sp³-hybridized carbons (Fsp3) is 0.235. The third-order valence-electron chi connectivity index (χ3n) is 3.19. The number of benzene rings is 2. The van der Waals surface area contributed by atoms with Crippen molar-refractivity contribution in [3.8, 4) is 11.1 Å². The number of hydrogen-bond acceptors (Lipinski definition) is 1. The zero-order valence-electron chi connectivity index (χ0n) is 11.1. The summed E-state index contributed by atoms with van der Waals surface area (Å²) >= 11 is 0. The van der Waals surface area contributed by atoms with Crippen molar-refractivity contribution < 1.29 is 9.90 Å². The summed E-state index contributed by atoms with van der Waals surface area (Å²) in [6, 6.07) is 16.8. The first kappa shape index (κ1) is 13.3. The van der Waals surface area contributed by atoms with E-state index in [9.17, 15) is 4.79 Å². The van der Waals surface area contributed by atoms with Gasteiger partial charge in [-0.1, -0.05) is 54.1 Å². The molecule has 0 amide bonds. The second kappa shape index (κ2) is 6.19. The molecule has 0 radical (unpaired) electrons. The van der Waals surface area contributed by atoms with Gasteiger partial charge in [0, 0.05) is 6.42 Å². The zero-order valence-corrected chi connectivity index (χ0v) is 11.1. The van der Waals surface area contributed by atoms with Crippen LogP contribution in [0, 0.1) is 6.92 Å². The van der Waals surface area contributed by atoms with Gasteiger partial charge in [0.25, 0.3) is 0 Å². The average molecular weight is 254 g/mol. The third kappa shape index (κ3) is 3.95. The zero-order chi connectivity index (χ0) is 13.7.